The Bertz CT molecular complexity index is 381. The Kier molecular flexibility index (Phi) is 4.70. The van der Waals surface area contributed by atoms with E-state index in [1.54, 1.807) is 0 Å². The third-order valence-corrected chi connectivity index (χ3v) is 3.50. The predicted molar refractivity (Wildman–Crippen MR) is 74.5 cm³/mol. The summed E-state index contributed by atoms with van der Waals surface area (Å²) in [6.45, 7) is 8.43. The van der Waals surface area contributed by atoms with Crippen LogP contribution >= 0.6 is 0 Å². The lowest BCUT2D eigenvalue weighted by atomic mass is 10.1. The van der Waals surface area contributed by atoms with Crippen LogP contribution in [-0.4, -0.2) is 16.5 Å². The number of aryl methyl sites for hydroxylation is 1. The van der Waals surface area contributed by atoms with E-state index in [-0.39, 0.29) is 0 Å². The number of hydrogen-bond acceptors (Lipinski definition) is 3. The molecule has 3 nitrogen and oxygen atoms in total. The van der Waals surface area contributed by atoms with Crippen LogP contribution in [0.4, 0.5) is 0 Å². The summed E-state index contributed by atoms with van der Waals surface area (Å²) in [5.74, 6) is 2.37. The fourth-order valence-corrected chi connectivity index (χ4v) is 2.60. The molecule has 1 aromatic rings. The van der Waals surface area contributed by atoms with Crippen LogP contribution in [-0.2, 0) is 6.54 Å². The van der Waals surface area contributed by atoms with Crippen LogP contribution in [0.5, 0.6) is 0 Å². The van der Waals surface area contributed by atoms with Gasteiger partial charge in [0.1, 0.15) is 5.82 Å². The minimum absolute atomic E-state index is 0.605. The Balaban J connectivity index is 2.01. The highest BCUT2D eigenvalue weighted by Gasteiger charge is 2.20. The zero-order chi connectivity index (χ0) is 13.0. The summed E-state index contributed by atoms with van der Waals surface area (Å²) >= 11 is 0. The molecule has 1 aromatic heterocycles. The molecular weight excluding hydrogens is 222 g/mol. The van der Waals surface area contributed by atoms with Crippen molar-refractivity contribution in [3.05, 3.63) is 23.3 Å². The van der Waals surface area contributed by atoms with E-state index in [9.17, 15) is 0 Å². The van der Waals surface area contributed by atoms with Gasteiger partial charge in [-0.15, -0.1) is 0 Å². The van der Waals surface area contributed by atoms with Crippen molar-refractivity contribution in [3.8, 4) is 0 Å². The van der Waals surface area contributed by atoms with Crippen LogP contribution in [0, 0.1) is 12.8 Å². The molecule has 1 saturated carbocycles. The molecule has 0 spiro atoms. The number of nitrogens with zero attached hydrogens (tertiary/aromatic N) is 2. The van der Waals surface area contributed by atoms with Gasteiger partial charge in [0.15, 0.2) is 0 Å². The van der Waals surface area contributed by atoms with Gasteiger partial charge in [-0.25, -0.2) is 9.97 Å². The van der Waals surface area contributed by atoms with E-state index in [0.717, 1.165) is 30.3 Å². The first-order chi connectivity index (χ1) is 8.65. The van der Waals surface area contributed by atoms with Gasteiger partial charge in [-0.3, -0.25) is 0 Å². The maximum Gasteiger partial charge on any atom is 0.131 e. The molecule has 18 heavy (non-hydrogen) atoms. The Morgan fingerprint density at radius 3 is 2.67 bits per heavy atom. The van der Waals surface area contributed by atoms with Crippen molar-refractivity contribution in [1.82, 2.24) is 15.3 Å². The predicted octanol–water partition coefficient (Wildman–Crippen LogP) is 3.19. The van der Waals surface area contributed by atoms with Crippen molar-refractivity contribution in [2.45, 2.75) is 58.9 Å². The molecule has 3 heteroatoms. The number of rotatable bonds is 5. The van der Waals surface area contributed by atoms with Gasteiger partial charge in [-0.1, -0.05) is 26.7 Å². The molecule has 2 rings (SSSR count). The number of nitrogens with one attached hydrogen (secondary N) is 1. The van der Waals surface area contributed by atoms with Gasteiger partial charge in [0.05, 0.1) is 5.69 Å². The molecule has 0 saturated heterocycles. The third-order valence-electron chi connectivity index (χ3n) is 3.50. The van der Waals surface area contributed by atoms with E-state index < -0.39 is 0 Å². The second-order valence-corrected chi connectivity index (χ2v) is 5.86. The van der Waals surface area contributed by atoms with Gasteiger partial charge < -0.3 is 5.32 Å². The lowest BCUT2D eigenvalue weighted by Gasteiger charge is -2.12. The van der Waals surface area contributed by atoms with E-state index in [2.05, 4.69) is 37.1 Å². The van der Waals surface area contributed by atoms with Gasteiger partial charge in [-0.2, -0.15) is 0 Å². The third kappa shape index (κ3) is 3.77. The summed E-state index contributed by atoms with van der Waals surface area (Å²) in [5, 5.41) is 3.46. The molecule has 0 amide bonds. The topological polar surface area (TPSA) is 37.8 Å². The molecule has 1 aliphatic carbocycles. The number of aromatic nitrogens is 2. The Hall–Kier alpha value is -0.960. The van der Waals surface area contributed by atoms with Crippen LogP contribution in [0.1, 0.15) is 62.7 Å². The van der Waals surface area contributed by atoms with Crippen molar-refractivity contribution >= 4 is 0 Å². The smallest absolute Gasteiger partial charge is 0.131 e. The Labute approximate surface area is 110 Å². The van der Waals surface area contributed by atoms with E-state index in [1.165, 1.54) is 25.7 Å². The normalized spacial score (nSPS) is 16.7. The van der Waals surface area contributed by atoms with Crippen molar-refractivity contribution < 1.29 is 0 Å². The van der Waals surface area contributed by atoms with E-state index in [1.807, 2.05) is 0 Å². The van der Waals surface area contributed by atoms with Crippen molar-refractivity contribution in [2.24, 2.45) is 5.92 Å². The SMILES string of the molecule is Cc1cc(CNCC(C)C)nc(C2CCCC2)n1. The van der Waals surface area contributed by atoms with E-state index in [0.29, 0.717) is 11.8 Å². The fraction of sp³-hybridized carbons (Fsp3) is 0.733. The highest BCUT2D eigenvalue weighted by atomic mass is 14.9. The summed E-state index contributed by atoms with van der Waals surface area (Å²) in [6, 6.07) is 2.10. The highest BCUT2D eigenvalue weighted by Crippen LogP contribution is 2.32. The van der Waals surface area contributed by atoms with Crippen LogP contribution in [0.25, 0.3) is 0 Å². The summed E-state index contributed by atoms with van der Waals surface area (Å²) in [4.78, 5) is 9.36. The van der Waals surface area contributed by atoms with E-state index in [4.69, 9.17) is 4.98 Å². The summed E-state index contributed by atoms with van der Waals surface area (Å²) in [6.07, 6.45) is 5.20. The lowest BCUT2D eigenvalue weighted by molar-refractivity contribution is 0.544. The van der Waals surface area contributed by atoms with Crippen molar-refractivity contribution in [2.75, 3.05) is 6.54 Å². The number of hydrogen-bond donors (Lipinski definition) is 1. The maximum absolute atomic E-state index is 4.74. The molecular formula is C15H25N3. The van der Waals surface area contributed by atoms with Gasteiger partial charge in [0.2, 0.25) is 0 Å². The van der Waals surface area contributed by atoms with Gasteiger partial charge in [0.25, 0.3) is 0 Å². The van der Waals surface area contributed by atoms with Crippen LogP contribution in [0.3, 0.4) is 0 Å². The molecule has 1 fully saturated rings. The molecule has 0 aliphatic heterocycles. The zero-order valence-corrected chi connectivity index (χ0v) is 11.9. The molecule has 1 N–H and O–H groups in total. The monoisotopic (exact) mass is 247 g/mol. The molecule has 0 unspecified atom stereocenters. The second kappa shape index (κ2) is 6.28. The Morgan fingerprint density at radius 2 is 2.00 bits per heavy atom. The molecule has 1 aliphatic rings. The standard InChI is InChI=1S/C15H25N3/c1-11(2)9-16-10-14-8-12(3)17-15(18-14)13-6-4-5-7-13/h8,11,13,16H,4-7,9-10H2,1-3H3. The Morgan fingerprint density at radius 1 is 1.28 bits per heavy atom. The van der Waals surface area contributed by atoms with Crippen LogP contribution < -0.4 is 5.32 Å². The quantitative estimate of drug-likeness (QED) is 0.868. The van der Waals surface area contributed by atoms with Gasteiger partial charge >= 0.3 is 0 Å². The fourth-order valence-electron chi connectivity index (χ4n) is 2.60. The highest BCUT2D eigenvalue weighted by molar-refractivity contribution is 5.13. The molecule has 100 valence electrons. The molecule has 0 aromatic carbocycles. The lowest BCUT2D eigenvalue weighted by Crippen LogP contribution is -2.20. The minimum atomic E-state index is 0.605. The largest absolute Gasteiger partial charge is 0.311 e. The molecule has 1 heterocycles. The second-order valence-electron chi connectivity index (χ2n) is 5.86. The van der Waals surface area contributed by atoms with Gasteiger partial charge in [0, 0.05) is 18.2 Å². The zero-order valence-electron chi connectivity index (χ0n) is 11.9. The van der Waals surface area contributed by atoms with Crippen molar-refractivity contribution in [3.63, 3.8) is 0 Å². The maximum atomic E-state index is 4.74. The first-order valence-corrected chi connectivity index (χ1v) is 7.20. The summed E-state index contributed by atoms with van der Waals surface area (Å²) < 4.78 is 0. The van der Waals surface area contributed by atoms with Crippen LogP contribution in [0.15, 0.2) is 6.07 Å². The average molecular weight is 247 g/mol. The van der Waals surface area contributed by atoms with Crippen molar-refractivity contribution in [1.29, 1.82) is 0 Å². The summed E-state index contributed by atoms with van der Waals surface area (Å²) in [7, 11) is 0. The average Bonchev–Trinajstić information content (AvgIpc) is 2.81. The minimum Gasteiger partial charge on any atom is -0.311 e. The first kappa shape index (κ1) is 13.5. The van der Waals surface area contributed by atoms with Gasteiger partial charge in [-0.05, 0) is 38.3 Å². The molecule has 0 radical (unpaired) electrons. The van der Waals surface area contributed by atoms with Crippen LogP contribution in [0.2, 0.25) is 0 Å². The summed E-state index contributed by atoms with van der Waals surface area (Å²) in [5.41, 5.74) is 2.25. The molecule has 0 bridgehead atoms. The molecule has 0 atom stereocenters. The first-order valence-electron chi connectivity index (χ1n) is 7.20. The van der Waals surface area contributed by atoms with E-state index >= 15 is 0 Å².